The van der Waals surface area contributed by atoms with Gasteiger partial charge in [0.05, 0.1) is 0 Å². The van der Waals surface area contributed by atoms with Crippen molar-refractivity contribution >= 4 is 43.0 Å². The molecule has 1 aromatic heterocycles. The van der Waals surface area contributed by atoms with Crippen LogP contribution in [0.2, 0.25) is 5.02 Å². The number of piperidine rings is 1. The predicted octanol–water partition coefficient (Wildman–Crippen LogP) is 2.93. The van der Waals surface area contributed by atoms with Gasteiger partial charge >= 0.3 is 0 Å². The molecule has 2 heterocycles. The molecule has 7 heteroatoms. The lowest BCUT2D eigenvalue weighted by molar-refractivity contribution is 0.293. The topological polar surface area (TPSA) is 49.4 Å². The molecule has 1 atom stereocenters. The van der Waals surface area contributed by atoms with Crippen molar-refractivity contribution in [3.8, 4) is 0 Å². The third kappa shape index (κ3) is 2.96. The zero-order valence-electron chi connectivity index (χ0n) is 11.7. The second-order valence-electron chi connectivity index (χ2n) is 5.24. The number of rotatable bonds is 3. The summed E-state index contributed by atoms with van der Waals surface area (Å²) in [6.45, 7) is 1.13. The molecule has 1 saturated heterocycles. The van der Waals surface area contributed by atoms with Gasteiger partial charge in [-0.1, -0.05) is 11.6 Å². The first-order valence-electron chi connectivity index (χ1n) is 6.87. The van der Waals surface area contributed by atoms with Gasteiger partial charge in [0, 0.05) is 28.9 Å². The van der Waals surface area contributed by atoms with Gasteiger partial charge in [0.15, 0.2) is 0 Å². The maximum atomic E-state index is 12.8. The minimum atomic E-state index is -3.41. The van der Waals surface area contributed by atoms with Gasteiger partial charge in [0.2, 0.25) is 0 Å². The molecule has 0 bridgehead atoms. The fraction of sp³-hybridized carbons (Fsp3) is 0.429. The summed E-state index contributed by atoms with van der Waals surface area (Å²) in [5.74, 6) is 0. The van der Waals surface area contributed by atoms with E-state index in [1.807, 2.05) is 13.1 Å². The van der Waals surface area contributed by atoms with E-state index in [4.69, 9.17) is 11.6 Å². The molecule has 0 spiro atoms. The fourth-order valence-electron chi connectivity index (χ4n) is 2.64. The molecule has 1 aliphatic rings. The Balaban J connectivity index is 1.95. The van der Waals surface area contributed by atoms with Crippen molar-refractivity contribution < 1.29 is 8.42 Å². The van der Waals surface area contributed by atoms with Crippen LogP contribution >= 0.6 is 22.9 Å². The van der Waals surface area contributed by atoms with Gasteiger partial charge in [-0.05, 0) is 49.5 Å². The van der Waals surface area contributed by atoms with Crippen LogP contribution in [-0.2, 0) is 10.0 Å². The number of fused-ring (bicyclic) bond motifs is 1. The van der Waals surface area contributed by atoms with Crippen LogP contribution in [-0.4, -0.2) is 38.9 Å². The van der Waals surface area contributed by atoms with Crippen molar-refractivity contribution in [2.45, 2.75) is 23.1 Å². The Morgan fingerprint density at radius 2 is 2.19 bits per heavy atom. The highest BCUT2D eigenvalue weighted by molar-refractivity contribution is 7.91. The van der Waals surface area contributed by atoms with Gasteiger partial charge in [0.25, 0.3) is 10.0 Å². The summed E-state index contributed by atoms with van der Waals surface area (Å²) in [7, 11) is -1.53. The van der Waals surface area contributed by atoms with Crippen LogP contribution in [0.3, 0.4) is 0 Å². The summed E-state index contributed by atoms with van der Waals surface area (Å²) in [5, 5.41) is 4.68. The zero-order chi connectivity index (χ0) is 15.0. The van der Waals surface area contributed by atoms with Crippen molar-refractivity contribution in [2.75, 3.05) is 20.1 Å². The first-order chi connectivity index (χ1) is 10.0. The predicted molar refractivity (Wildman–Crippen MR) is 87.7 cm³/mol. The Morgan fingerprint density at radius 3 is 2.95 bits per heavy atom. The van der Waals surface area contributed by atoms with Crippen LogP contribution in [0.15, 0.2) is 28.5 Å². The number of thiophene rings is 1. The van der Waals surface area contributed by atoms with Crippen molar-refractivity contribution in [3.63, 3.8) is 0 Å². The van der Waals surface area contributed by atoms with E-state index in [-0.39, 0.29) is 6.04 Å². The van der Waals surface area contributed by atoms with Crippen molar-refractivity contribution in [1.82, 2.24) is 9.62 Å². The lowest BCUT2D eigenvalue weighted by Gasteiger charge is -2.31. The van der Waals surface area contributed by atoms with Gasteiger partial charge in [-0.25, -0.2) is 8.42 Å². The molecule has 4 nitrogen and oxygen atoms in total. The lowest BCUT2D eigenvalue weighted by Crippen LogP contribution is -2.46. The third-order valence-corrected chi connectivity index (χ3v) is 7.51. The number of halogens is 1. The molecule has 1 aromatic carbocycles. The Morgan fingerprint density at radius 1 is 1.38 bits per heavy atom. The number of hydrogen-bond donors (Lipinski definition) is 1. The zero-order valence-corrected chi connectivity index (χ0v) is 14.1. The van der Waals surface area contributed by atoms with Gasteiger partial charge in [-0.2, -0.15) is 4.31 Å². The highest BCUT2D eigenvalue weighted by Gasteiger charge is 2.30. The molecule has 0 saturated carbocycles. The number of nitrogens with zero attached hydrogens (tertiary/aromatic N) is 1. The van der Waals surface area contributed by atoms with Crippen molar-refractivity contribution in [3.05, 3.63) is 29.3 Å². The second kappa shape index (κ2) is 5.85. The second-order valence-corrected chi connectivity index (χ2v) is 8.92. The minimum Gasteiger partial charge on any atom is -0.316 e. The van der Waals surface area contributed by atoms with Gasteiger partial charge in [-0.15, -0.1) is 11.3 Å². The number of benzene rings is 1. The third-order valence-electron chi connectivity index (χ3n) is 3.84. The van der Waals surface area contributed by atoms with Crippen LogP contribution in [0.25, 0.3) is 10.1 Å². The molecular weight excluding hydrogens is 328 g/mol. The Labute approximate surface area is 133 Å². The Kier molecular flexibility index (Phi) is 4.25. The molecule has 3 rings (SSSR count). The molecule has 1 unspecified atom stereocenters. The minimum absolute atomic E-state index is 0.234. The normalized spacial score (nSPS) is 21.0. The maximum absolute atomic E-state index is 12.8. The summed E-state index contributed by atoms with van der Waals surface area (Å²) >= 11 is 7.27. The van der Waals surface area contributed by atoms with E-state index in [9.17, 15) is 8.42 Å². The first kappa shape index (κ1) is 15.2. The van der Waals surface area contributed by atoms with Gasteiger partial charge in [-0.3, -0.25) is 0 Å². The average Bonchev–Trinajstić information content (AvgIpc) is 2.91. The molecule has 2 aromatic rings. The smallest absolute Gasteiger partial charge is 0.252 e. The van der Waals surface area contributed by atoms with Gasteiger partial charge < -0.3 is 5.32 Å². The highest BCUT2D eigenvalue weighted by Crippen LogP contribution is 2.33. The van der Waals surface area contributed by atoms with Crippen LogP contribution < -0.4 is 5.32 Å². The van der Waals surface area contributed by atoms with E-state index >= 15 is 0 Å². The largest absolute Gasteiger partial charge is 0.316 e. The van der Waals surface area contributed by atoms with E-state index in [0.29, 0.717) is 22.3 Å². The summed E-state index contributed by atoms with van der Waals surface area (Å²) in [5.41, 5.74) is 0. The molecule has 1 fully saturated rings. The molecule has 114 valence electrons. The fourth-order valence-corrected chi connectivity index (χ4v) is 5.88. The first-order valence-corrected chi connectivity index (χ1v) is 9.50. The van der Waals surface area contributed by atoms with E-state index in [1.165, 1.54) is 11.3 Å². The SMILES string of the molecule is CNC1CCCN(S(=O)(=O)c2cc3cc(Cl)ccc3s2)C1. The van der Waals surface area contributed by atoms with Crippen LogP contribution in [0.1, 0.15) is 12.8 Å². The average molecular weight is 345 g/mol. The molecule has 0 aliphatic carbocycles. The van der Waals surface area contributed by atoms with Crippen LogP contribution in [0.4, 0.5) is 0 Å². The van der Waals surface area contributed by atoms with Crippen LogP contribution in [0, 0.1) is 0 Å². The van der Waals surface area contributed by atoms with Gasteiger partial charge in [0.1, 0.15) is 4.21 Å². The lowest BCUT2D eigenvalue weighted by atomic mass is 10.1. The van der Waals surface area contributed by atoms with Crippen LogP contribution in [0.5, 0.6) is 0 Å². The van der Waals surface area contributed by atoms with E-state index < -0.39 is 10.0 Å². The number of nitrogens with one attached hydrogen (secondary N) is 1. The Hall–Kier alpha value is -0.660. The quantitative estimate of drug-likeness (QED) is 0.931. The molecule has 1 aliphatic heterocycles. The van der Waals surface area contributed by atoms with E-state index in [0.717, 1.165) is 22.9 Å². The highest BCUT2D eigenvalue weighted by atomic mass is 35.5. The maximum Gasteiger partial charge on any atom is 0.252 e. The standard InChI is InChI=1S/C14H17ClN2O2S2/c1-16-12-3-2-6-17(9-12)21(18,19)14-8-10-7-11(15)4-5-13(10)20-14/h4-5,7-8,12,16H,2-3,6,9H2,1H3. The Bertz CT molecular complexity index is 757. The molecule has 0 amide bonds. The van der Waals surface area contributed by atoms with Crippen molar-refractivity contribution in [1.29, 1.82) is 0 Å². The monoisotopic (exact) mass is 344 g/mol. The molecule has 1 N–H and O–H groups in total. The molecular formula is C14H17ClN2O2S2. The van der Waals surface area contributed by atoms with E-state index in [2.05, 4.69) is 5.32 Å². The summed E-state index contributed by atoms with van der Waals surface area (Å²) in [6.07, 6.45) is 1.91. The summed E-state index contributed by atoms with van der Waals surface area (Å²) < 4.78 is 28.5. The summed E-state index contributed by atoms with van der Waals surface area (Å²) in [6, 6.07) is 7.42. The molecule has 0 radical (unpaired) electrons. The summed E-state index contributed by atoms with van der Waals surface area (Å²) in [4.78, 5) is 0. The number of likely N-dealkylation sites (N-methyl/N-ethyl adjacent to an activating group) is 1. The number of sulfonamides is 1. The van der Waals surface area contributed by atoms with E-state index in [1.54, 1.807) is 22.5 Å². The number of hydrogen-bond acceptors (Lipinski definition) is 4. The van der Waals surface area contributed by atoms with Crippen molar-refractivity contribution in [2.24, 2.45) is 0 Å². The molecule has 21 heavy (non-hydrogen) atoms.